The van der Waals surface area contributed by atoms with Crippen molar-refractivity contribution < 1.29 is 14.9 Å². The van der Waals surface area contributed by atoms with Crippen LogP contribution in [0.4, 0.5) is 0 Å². The number of rotatable bonds is 8. The molecule has 0 saturated heterocycles. The van der Waals surface area contributed by atoms with Gasteiger partial charge in [0, 0.05) is 6.42 Å². The van der Waals surface area contributed by atoms with Gasteiger partial charge in [0.25, 0.3) is 0 Å². The van der Waals surface area contributed by atoms with Crippen LogP contribution in [0.3, 0.4) is 0 Å². The Labute approximate surface area is 164 Å². The average Bonchev–Trinajstić information content (AvgIpc) is 2.57. The van der Waals surface area contributed by atoms with Gasteiger partial charge in [-0.05, 0) is 50.3 Å². The normalized spacial score (nSPS) is 20.6. The van der Waals surface area contributed by atoms with E-state index in [0.29, 0.717) is 36.1 Å². The van der Waals surface area contributed by atoms with Crippen molar-refractivity contribution in [1.82, 2.24) is 0 Å². The molecule has 0 amide bonds. The Morgan fingerprint density at radius 2 is 1.89 bits per heavy atom. The van der Waals surface area contributed by atoms with Crippen molar-refractivity contribution in [3.05, 3.63) is 23.3 Å². The molecular formula is C23H37NO3. The highest BCUT2D eigenvalue weighted by atomic mass is 16.5. The summed E-state index contributed by atoms with van der Waals surface area (Å²) in [6, 6.07) is 3.95. The van der Waals surface area contributed by atoms with E-state index in [1.165, 1.54) is 25.7 Å². The van der Waals surface area contributed by atoms with E-state index < -0.39 is 6.10 Å². The van der Waals surface area contributed by atoms with Crippen molar-refractivity contribution >= 4 is 5.71 Å². The maximum absolute atomic E-state index is 10.8. The molecule has 2 N–H and O–H groups in total. The number of ether oxygens (including phenoxy) is 1. The SMILES string of the molecule is CCCCCC(C)C(C)c1cc(O)c2c(c1)OC(C)(C)CC2=NC[C@@H](C)O. The lowest BCUT2D eigenvalue weighted by Gasteiger charge is -2.35. The smallest absolute Gasteiger partial charge is 0.133 e. The largest absolute Gasteiger partial charge is 0.507 e. The average molecular weight is 376 g/mol. The van der Waals surface area contributed by atoms with E-state index in [-0.39, 0.29) is 11.4 Å². The third kappa shape index (κ3) is 5.71. The highest BCUT2D eigenvalue weighted by Gasteiger charge is 2.34. The Morgan fingerprint density at radius 1 is 1.19 bits per heavy atom. The first kappa shape index (κ1) is 21.7. The fourth-order valence-corrected chi connectivity index (χ4v) is 3.75. The maximum atomic E-state index is 10.8. The second-order valence-electron chi connectivity index (χ2n) is 8.85. The summed E-state index contributed by atoms with van der Waals surface area (Å²) in [5.41, 5.74) is 2.23. The third-order valence-electron chi connectivity index (χ3n) is 5.56. The third-order valence-corrected chi connectivity index (χ3v) is 5.56. The van der Waals surface area contributed by atoms with Crippen molar-refractivity contribution in [1.29, 1.82) is 0 Å². The van der Waals surface area contributed by atoms with E-state index in [0.717, 1.165) is 11.3 Å². The van der Waals surface area contributed by atoms with Gasteiger partial charge in [0.2, 0.25) is 0 Å². The molecule has 2 unspecified atom stereocenters. The molecule has 4 nitrogen and oxygen atoms in total. The van der Waals surface area contributed by atoms with Crippen LogP contribution < -0.4 is 4.74 Å². The lowest BCUT2D eigenvalue weighted by atomic mass is 9.83. The monoisotopic (exact) mass is 375 g/mol. The molecule has 0 fully saturated rings. The molecule has 0 saturated carbocycles. The highest BCUT2D eigenvalue weighted by molar-refractivity contribution is 6.06. The molecule has 0 aromatic heterocycles. The van der Waals surface area contributed by atoms with Gasteiger partial charge in [-0.3, -0.25) is 4.99 Å². The summed E-state index contributed by atoms with van der Waals surface area (Å²) in [5.74, 6) is 1.84. The number of hydrogen-bond acceptors (Lipinski definition) is 4. The van der Waals surface area contributed by atoms with Crippen molar-refractivity contribution in [3.63, 3.8) is 0 Å². The summed E-state index contributed by atoms with van der Waals surface area (Å²) in [6.45, 7) is 12.9. The molecule has 1 aliphatic heterocycles. The van der Waals surface area contributed by atoms with Crippen LogP contribution in [0.2, 0.25) is 0 Å². The number of aliphatic hydroxyl groups excluding tert-OH is 1. The van der Waals surface area contributed by atoms with Crippen LogP contribution in [0, 0.1) is 5.92 Å². The van der Waals surface area contributed by atoms with Gasteiger partial charge in [0.05, 0.1) is 23.9 Å². The van der Waals surface area contributed by atoms with Crippen LogP contribution in [-0.2, 0) is 0 Å². The molecule has 1 aliphatic rings. The van der Waals surface area contributed by atoms with Gasteiger partial charge in [-0.2, -0.15) is 0 Å². The molecule has 1 aromatic carbocycles. The van der Waals surface area contributed by atoms with Gasteiger partial charge < -0.3 is 14.9 Å². The standard InChI is InChI=1S/C23H37NO3/c1-7-8-9-10-15(2)17(4)18-11-20(26)22-19(24-14-16(3)25)13-23(5,6)27-21(22)12-18/h11-12,15-17,25-26H,7-10,13-14H2,1-6H3/t15?,16-,17?/m1/s1. The molecule has 0 radical (unpaired) electrons. The van der Waals surface area contributed by atoms with E-state index in [4.69, 9.17) is 4.74 Å². The Hall–Kier alpha value is -1.55. The molecule has 3 atom stereocenters. The van der Waals surface area contributed by atoms with E-state index in [9.17, 15) is 10.2 Å². The summed E-state index contributed by atoms with van der Waals surface area (Å²) >= 11 is 0. The van der Waals surface area contributed by atoms with Crippen LogP contribution in [-0.4, -0.2) is 34.2 Å². The van der Waals surface area contributed by atoms with E-state index in [1.807, 2.05) is 19.9 Å². The number of phenols is 1. The number of nitrogens with zero attached hydrogens (tertiary/aromatic N) is 1. The van der Waals surface area contributed by atoms with Gasteiger partial charge >= 0.3 is 0 Å². The lowest BCUT2D eigenvalue weighted by Crippen LogP contribution is -2.36. The highest BCUT2D eigenvalue weighted by Crippen LogP contribution is 2.42. The number of benzene rings is 1. The second-order valence-corrected chi connectivity index (χ2v) is 8.85. The fraction of sp³-hybridized carbons (Fsp3) is 0.696. The summed E-state index contributed by atoms with van der Waals surface area (Å²) in [4.78, 5) is 4.57. The number of phenolic OH excluding ortho intramolecular Hbond substituents is 1. The fourth-order valence-electron chi connectivity index (χ4n) is 3.75. The summed E-state index contributed by atoms with van der Waals surface area (Å²) in [5, 5.41) is 20.4. The first-order chi connectivity index (χ1) is 12.6. The van der Waals surface area contributed by atoms with Gasteiger partial charge in [-0.1, -0.05) is 46.5 Å². The van der Waals surface area contributed by atoms with Crippen LogP contribution in [0.5, 0.6) is 11.5 Å². The van der Waals surface area contributed by atoms with Gasteiger partial charge in [-0.25, -0.2) is 0 Å². The quantitative estimate of drug-likeness (QED) is 0.594. The molecule has 27 heavy (non-hydrogen) atoms. The number of fused-ring (bicyclic) bond motifs is 1. The summed E-state index contributed by atoms with van der Waals surface area (Å²) in [7, 11) is 0. The van der Waals surface area contributed by atoms with E-state index in [2.05, 4.69) is 31.8 Å². The van der Waals surface area contributed by atoms with Gasteiger partial charge in [-0.15, -0.1) is 0 Å². The first-order valence-electron chi connectivity index (χ1n) is 10.4. The molecule has 0 aliphatic carbocycles. The topological polar surface area (TPSA) is 62.0 Å². The van der Waals surface area contributed by atoms with Crippen LogP contribution in [0.15, 0.2) is 17.1 Å². The molecular weight excluding hydrogens is 338 g/mol. The van der Waals surface area contributed by atoms with Crippen molar-refractivity contribution in [2.24, 2.45) is 10.9 Å². The van der Waals surface area contributed by atoms with Gasteiger partial charge in [0.1, 0.15) is 17.1 Å². The first-order valence-corrected chi connectivity index (χ1v) is 10.4. The number of aliphatic hydroxyl groups is 1. The summed E-state index contributed by atoms with van der Waals surface area (Å²) < 4.78 is 6.20. The molecule has 4 heteroatoms. The van der Waals surface area contributed by atoms with E-state index in [1.54, 1.807) is 6.92 Å². The van der Waals surface area contributed by atoms with Crippen LogP contribution in [0.25, 0.3) is 0 Å². The second kappa shape index (κ2) is 9.09. The van der Waals surface area contributed by atoms with Crippen LogP contribution in [0.1, 0.15) is 90.7 Å². The van der Waals surface area contributed by atoms with Crippen LogP contribution >= 0.6 is 0 Å². The molecule has 1 aromatic rings. The van der Waals surface area contributed by atoms with Crippen molar-refractivity contribution in [2.75, 3.05) is 6.54 Å². The Morgan fingerprint density at radius 3 is 2.52 bits per heavy atom. The molecule has 0 bridgehead atoms. The molecule has 152 valence electrons. The van der Waals surface area contributed by atoms with E-state index >= 15 is 0 Å². The Kier molecular flexibility index (Phi) is 7.32. The zero-order valence-electron chi connectivity index (χ0n) is 17.9. The molecule has 2 rings (SSSR count). The maximum Gasteiger partial charge on any atom is 0.133 e. The Balaban J connectivity index is 2.33. The van der Waals surface area contributed by atoms with Crippen molar-refractivity contribution in [3.8, 4) is 11.5 Å². The molecule has 1 heterocycles. The van der Waals surface area contributed by atoms with Crippen molar-refractivity contribution in [2.45, 2.75) is 91.3 Å². The minimum Gasteiger partial charge on any atom is -0.507 e. The Bertz CT molecular complexity index is 664. The zero-order valence-corrected chi connectivity index (χ0v) is 17.9. The van der Waals surface area contributed by atoms with Gasteiger partial charge in [0.15, 0.2) is 0 Å². The number of aliphatic imine (C=N–C) groups is 1. The number of aromatic hydroxyl groups is 1. The number of hydrogen-bond donors (Lipinski definition) is 2. The molecule has 0 spiro atoms. The lowest BCUT2D eigenvalue weighted by molar-refractivity contribution is 0.110. The summed E-state index contributed by atoms with van der Waals surface area (Å²) in [6.07, 6.45) is 5.06. The predicted molar refractivity (Wildman–Crippen MR) is 112 cm³/mol. The minimum absolute atomic E-state index is 0.231. The minimum atomic E-state index is -0.502. The zero-order chi connectivity index (χ0) is 20.2. The number of unbranched alkanes of at least 4 members (excludes halogenated alkanes) is 2. The predicted octanol–water partition coefficient (Wildman–Crippen LogP) is 5.44.